The van der Waals surface area contributed by atoms with E-state index in [2.05, 4.69) is 5.32 Å². The Bertz CT molecular complexity index is 930. The molecule has 1 amide bonds. The molecule has 2 heterocycles. The highest BCUT2D eigenvalue weighted by atomic mass is 19.1. The largest absolute Gasteiger partial charge is 0.486 e. The molecule has 0 spiro atoms. The number of hydrogen-bond donors (Lipinski definition) is 1. The molecule has 0 radical (unpaired) electrons. The summed E-state index contributed by atoms with van der Waals surface area (Å²) < 4.78 is 35.2. The average molecular weight is 450 g/mol. The molecular formula is C22H27FN2O7. The number of carbonyl (C=O) groups excluding carboxylic acids is 3. The Morgan fingerprint density at radius 1 is 1.25 bits per heavy atom. The average Bonchev–Trinajstić information content (AvgIpc) is 3.09. The molecule has 2 fully saturated rings. The van der Waals surface area contributed by atoms with Crippen molar-refractivity contribution in [2.24, 2.45) is 0 Å². The number of hydrogen-bond acceptors (Lipinski definition) is 8. The van der Waals surface area contributed by atoms with Crippen LogP contribution in [-0.4, -0.2) is 53.5 Å². The monoisotopic (exact) mass is 450 g/mol. The van der Waals surface area contributed by atoms with Gasteiger partial charge in [-0.15, -0.1) is 0 Å². The summed E-state index contributed by atoms with van der Waals surface area (Å²) in [6, 6.07) is 3.81. The zero-order valence-corrected chi connectivity index (χ0v) is 18.7. The van der Waals surface area contributed by atoms with Crippen LogP contribution in [0, 0.1) is 5.82 Å². The van der Waals surface area contributed by atoms with E-state index in [0.29, 0.717) is 19.5 Å². The maximum Gasteiger partial charge on any atom is 0.410 e. The van der Waals surface area contributed by atoms with Gasteiger partial charge in [-0.05, 0) is 32.9 Å². The number of halogens is 1. The maximum atomic E-state index is 13.8. The summed E-state index contributed by atoms with van der Waals surface area (Å²) in [6.07, 6.45) is 0.878. The summed E-state index contributed by atoms with van der Waals surface area (Å²) in [5.41, 5.74) is -0.774. The minimum absolute atomic E-state index is 0.193. The summed E-state index contributed by atoms with van der Waals surface area (Å²) in [6.45, 7) is 9.01. The van der Waals surface area contributed by atoms with E-state index in [-0.39, 0.29) is 23.1 Å². The first-order chi connectivity index (χ1) is 14.8. The van der Waals surface area contributed by atoms with Gasteiger partial charge in [-0.25, -0.2) is 18.8 Å². The molecule has 32 heavy (non-hydrogen) atoms. The lowest BCUT2D eigenvalue weighted by molar-refractivity contribution is -0.222. The number of cyclic esters (lactones) is 2. The van der Waals surface area contributed by atoms with E-state index in [1.54, 1.807) is 25.7 Å². The summed E-state index contributed by atoms with van der Waals surface area (Å²) in [7, 11) is 0. The van der Waals surface area contributed by atoms with E-state index < -0.39 is 35.2 Å². The predicted octanol–water partition coefficient (Wildman–Crippen LogP) is 3.35. The normalized spacial score (nSPS) is 20.4. The first kappa shape index (κ1) is 23.4. The van der Waals surface area contributed by atoms with E-state index >= 15 is 0 Å². The van der Waals surface area contributed by atoms with E-state index in [4.69, 9.17) is 18.9 Å². The molecular weight excluding hydrogens is 423 g/mol. The van der Waals surface area contributed by atoms with Crippen LogP contribution in [0.4, 0.5) is 14.9 Å². The summed E-state index contributed by atoms with van der Waals surface area (Å²) >= 11 is 0. The highest BCUT2D eigenvalue weighted by Crippen LogP contribution is 2.30. The van der Waals surface area contributed by atoms with Gasteiger partial charge in [-0.2, -0.15) is 0 Å². The van der Waals surface area contributed by atoms with Crippen LogP contribution in [0.1, 0.15) is 41.0 Å². The van der Waals surface area contributed by atoms with Crippen molar-refractivity contribution in [3.8, 4) is 5.75 Å². The van der Waals surface area contributed by atoms with E-state index in [0.717, 1.165) is 12.3 Å². The smallest absolute Gasteiger partial charge is 0.410 e. The van der Waals surface area contributed by atoms with Crippen LogP contribution in [0.2, 0.25) is 0 Å². The molecule has 1 aromatic rings. The minimum atomic E-state index is -1.36. The van der Waals surface area contributed by atoms with Crippen LogP contribution >= 0.6 is 0 Å². The summed E-state index contributed by atoms with van der Waals surface area (Å²) in [5.74, 6) is -3.34. The number of carbonyl (C=O) groups is 3. The highest BCUT2D eigenvalue weighted by molar-refractivity contribution is 6.15. The van der Waals surface area contributed by atoms with Crippen molar-refractivity contribution in [2.75, 3.05) is 18.4 Å². The fourth-order valence-corrected chi connectivity index (χ4v) is 3.14. The van der Waals surface area contributed by atoms with Gasteiger partial charge in [-0.3, -0.25) is 0 Å². The molecule has 3 rings (SSSR count). The Hall–Kier alpha value is -3.30. The maximum absolute atomic E-state index is 13.8. The molecule has 1 aromatic carbocycles. The van der Waals surface area contributed by atoms with Crippen molar-refractivity contribution in [3.05, 3.63) is 35.8 Å². The molecule has 9 nitrogen and oxygen atoms in total. The van der Waals surface area contributed by atoms with Gasteiger partial charge in [0.1, 0.15) is 23.3 Å². The molecule has 0 aromatic heterocycles. The molecule has 174 valence electrons. The van der Waals surface area contributed by atoms with Crippen molar-refractivity contribution in [2.45, 2.75) is 58.5 Å². The van der Waals surface area contributed by atoms with Gasteiger partial charge >= 0.3 is 18.0 Å². The number of benzene rings is 1. The fourth-order valence-electron chi connectivity index (χ4n) is 3.14. The highest BCUT2D eigenvalue weighted by Gasteiger charge is 2.39. The van der Waals surface area contributed by atoms with Gasteiger partial charge < -0.3 is 29.2 Å². The van der Waals surface area contributed by atoms with Crippen molar-refractivity contribution >= 4 is 23.7 Å². The van der Waals surface area contributed by atoms with Gasteiger partial charge in [0.05, 0.1) is 12.2 Å². The van der Waals surface area contributed by atoms with Crippen LogP contribution in [0.25, 0.3) is 0 Å². The predicted molar refractivity (Wildman–Crippen MR) is 111 cm³/mol. The number of nitrogens with zero attached hydrogens (tertiary/aromatic N) is 1. The minimum Gasteiger partial charge on any atom is -0.486 e. The number of esters is 2. The third kappa shape index (κ3) is 5.89. The number of rotatable bonds is 4. The Labute approximate surface area is 185 Å². The SMILES string of the molecule is CC(C)(C)OC(=O)N1CCC(Oc2ccc(F)cc2NC=C2C(=O)OC(C)(C)OC2=O)C1. The Balaban J connectivity index is 1.69. The van der Waals surface area contributed by atoms with Crippen LogP contribution in [0.5, 0.6) is 5.75 Å². The second-order valence-electron chi connectivity index (χ2n) is 8.98. The first-order valence-corrected chi connectivity index (χ1v) is 10.2. The topological polar surface area (TPSA) is 103 Å². The van der Waals surface area contributed by atoms with Crippen LogP contribution in [0.15, 0.2) is 30.0 Å². The van der Waals surface area contributed by atoms with Crippen LogP contribution < -0.4 is 10.1 Å². The van der Waals surface area contributed by atoms with E-state index in [9.17, 15) is 18.8 Å². The fraction of sp³-hybridized carbons (Fsp3) is 0.500. The summed E-state index contributed by atoms with van der Waals surface area (Å²) in [5, 5.41) is 2.72. The standard InChI is InChI=1S/C22H27FN2O7/c1-21(2,3)32-20(28)25-9-8-14(12-25)29-17-7-6-13(23)10-16(17)24-11-15-18(26)30-22(4,5)31-19(15)27/h6-7,10-11,14,24H,8-9,12H2,1-5H3. The van der Waals surface area contributed by atoms with Crippen molar-refractivity contribution in [3.63, 3.8) is 0 Å². The zero-order valence-electron chi connectivity index (χ0n) is 18.7. The van der Waals surface area contributed by atoms with Crippen molar-refractivity contribution in [1.82, 2.24) is 4.90 Å². The van der Waals surface area contributed by atoms with Gasteiger partial charge in [-0.1, -0.05) is 0 Å². The molecule has 0 saturated carbocycles. The lowest BCUT2D eigenvalue weighted by Gasteiger charge is -2.29. The Kier molecular flexibility index (Phi) is 6.34. The van der Waals surface area contributed by atoms with Crippen LogP contribution in [-0.2, 0) is 23.8 Å². The lowest BCUT2D eigenvalue weighted by atomic mass is 10.2. The van der Waals surface area contributed by atoms with Crippen molar-refractivity contribution in [1.29, 1.82) is 0 Å². The van der Waals surface area contributed by atoms with E-state index in [1.807, 2.05) is 0 Å². The molecule has 2 aliphatic rings. The Morgan fingerprint density at radius 3 is 2.53 bits per heavy atom. The zero-order chi connectivity index (χ0) is 23.7. The molecule has 2 aliphatic heterocycles. The third-order valence-electron chi connectivity index (χ3n) is 4.52. The molecule has 1 unspecified atom stereocenters. The van der Waals surface area contributed by atoms with Gasteiger partial charge in [0.25, 0.3) is 5.79 Å². The number of ether oxygens (including phenoxy) is 4. The molecule has 0 aliphatic carbocycles. The van der Waals surface area contributed by atoms with E-state index in [1.165, 1.54) is 26.0 Å². The molecule has 10 heteroatoms. The molecule has 1 atom stereocenters. The molecule has 2 saturated heterocycles. The number of likely N-dealkylation sites (tertiary alicyclic amines) is 1. The van der Waals surface area contributed by atoms with Crippen molar-refractivity contribution < 1.29 is 37.7 Å². The second-order valence-corrected chi connectivity index (χ2v) is 8.98. The number of anilines is 1. The Morgan fingerprint density at radius 2 is 1.91 bits per heavy atom. The summed E-state index contributed by atoms with van der Waals surface area (Å²) in [4.78, 5) is 38.0. The third-order valence-corrected chi connectivity index (χ3v) is 4.52. The first-order valence-electron chi connectivity index (χ1n) is 10.2. The second kappa shape index (κ2) is 8.68. The lowest BCUT2D eigenvalue weighted by Crippen LogP contribution is -2.42. The quantitative estimate of drug-likeness (QED) is 0.423. The number of amides is 1. The molecule has 1 N–H and O–H groups in total. The van der Waals surface area contributed by atoms with Gasteiger partial charge in [0, 0.05) is 39.1 Å². The van der Waals surface area contributed by atoms with Gasteiger partial charge in [0.2, 0.25) is 0 Å². The van der Waals surface area contributed by atoms with Gasteiger partial charge in [0.15, 0.2) is 5.57 Å². The van der Waals surface area contributed by atoms with Crippen LogP contribution in [0.3, 0.4) is 0 Å². The molecule has 0 bridgehead atoms. The number of nitrogens with one attached hydrogen (secondary N) is 1.